The molecule has 2 heteroatoms. The van der Waals surface area contributed by atoms with Crippen molar-refractivity contribution in [2.45, 2.75) is 45.6 Å². The van der Waals surface area contributed by atoms with Crippen molar-refractivity contribution in [2.75, 3.05) is 7.11 Å². The average molecular weight is 235 g/mol. The Balaban J connectivity index is 2.31. The van der Waals surface area contributed by atoms with E-state index in [0.29, 0.717) is 0 Å². The summed E-state index contributed by atoms with van der Waals surface area (Å²) in [7, 11) is 1.69. The molecule has 0 aliphatic rings. The van der Waals surface area contributed by atoms with E-state index in [2.05, 4.69) is 26.0 Å². The SMILES string of the molecule is COc1ccc(CC(N)CCCC(C)C)cc1. The molecule has 0 aliphatic heterocycles. The molecule has 0 bridgehead atoms. The van der Waals surface area contributed by atoms with Crippen molar-refractivity contribution < 1.29 is 4.74 Å². The van der Waals surface area contributed by atoms with Gasteiger partial charge in [-0.25, -0.2) is 0 Å². The smallest absolute Gasteiger partial charge is 0.118 e. The van der Waals surface area contributed by atoms with E-state index in [0.717, 1.165) is 24.5 Å². The fourth-order valence-corrected chi connectivity index (χ4v) is 1.95. The second kappa shape index (κ2) is 7.33. The zero-order valence-electron chi connectivity index (χ0n) is 11.3. The molecule has 0 aromatic heterocycles. The zero-order chi connectivity index (χ0) is 12.7. The highest BCUT2D eigenvalue weighted by molar-refractivity contribution is 5.27. The average Bonchev–Trinajstić information content (AvgIpc) is 2.29. The number of rotatable bonds is 7. The van der Waals surface area contributed by atoms with Crippen LogP contribution in [0, 0.1) is 5.92 Å². The number of hydrogen-bond donors (Lipinski definition) is 1. The van der Waals surface area contributed by atoms with Gasteiger partial charge in [0.2, 0.25) is 0 Å². The summed E-state index contributed by atoms with van der Waals surface area (Å²) in [4.78, 5) is 0. The predicted octanol–water partition coefficient (Wildman–Crippen LogP) is 3.39. The molecule has 0 saturated heterocycles. The largest absolute Gasteiger partial charge is 0.497 e. The first-order valence-electron chi connectivity index (χ1n) is 6.50. The van der Waals surface area contributed by atoms with Gasteiger partial charge in [-0.05, 0) is 36.5 Å². The third-order valence-corrected chi connectivity index (χ3v) is 3.01. The maximum Gasteiger partial charge on any atom is 0.118 e. The Kier molecular flexibility index (Phi) is 6.06. The van der Waals surface area contributed by atoms with Crippen LogP contribution in [0.1, 0.15) is 38.7 Å². The molecule has 0 aliphatic carbocycles. The Morgan fingerprint density at radius 2 is 1.76 bits per heavy atom. The minimum absolute atomic E-state index is 0.280. The first-order chi connectivity index (χ1) is 8.11. The van der Waals surface area contributed by atoms with Crippen LogP contribution in [0.2, 0.25) is 0 Å². The minimum Gasteiger partial charge on any atom is -0.497 e. The second-order valence-corrected chi connectivity index (χ2v) is 5.14. The van der Waals surface area contributed by atoms with E-state index < -0.39 is 0 Å². The molecule has 0 heterocycles. The van der Waals surface area contributed by atoms with Crippen molar-refractivity contribution in [1.29, 1.82) is 0 Å². The molecular weight excluding hydrogens is 210 g/mol. The van der Waals surface area contributed by atoms with Crippen molar-refractivity contribution in [3.05, 3.63) is 29.8 Å². The van der Waals surface area contributed by atoms with E-state index in [1.165, 1.54) is 18.4 Å². The summed E-state index contributed by atoms with van der Waals surface area (Å²) in [6, 6.07) is 8.47. The van der Waals surface area contributed by atoms with Gasteiger partial charge >= 0.3 is 0 Å². The van der Waals surface area contributed by atoms with E-state index in [1.807, 2.05) is 12.1 Å². The zero-order valence-corrected chi connectivity index (χ0v) is 11.3. The fraction of sp³-hybridized carbons (Fsp3) is 0.600. The Morgan fingerprint density at radius 3 is 2.29 bits per heavy atom. The lowest BCUT2D eigenvalue weighted by Crippen LogP contribution is -2.22. The van der Waals surface area contributed by atoms with Crippen LogP contribution >= 0.6 is 0 Å². The Labute approximate surface area is 105 Å². The van der Waals surface area contributed by atoms with Gasteiger partial charge in [0, 0.05) is 6.04 Å². The van der Waals surface area contributed by atoms with Gasteiger partial charge in [0.25, 0.3) is 0 Å². The van der Waals surface area contributed by atoms with Gasteiger partial charge in [0.15, 0.2) is 0 Å². The van der Waals surface area contributed by atoms with E-state index in [-0.39, 0.29) is 6.04 Å². The molecule has 0 saturated carbocycles. The van der Waals surface area contributed by atoms with Crippen LogP contribution in [0.15, 0.2) is 24.3 Å². The molecule has 1 atom stereocenters. The molecular formula is C15H25NO. The summed E-state index contributed by atoms with van der Waals surface area (Å²) < 4.78 is 5.13. The maximum absolute atomic E-state index is 6.13. The molecule has 2 N–H and O–H groups in total. The van der Waals surface area contributed by atoms with Crippen LogP contribution in [0.4, 0.5) is 0 Å². The first-order valence-corrected chi connectivity index (χ1v) is 6.50. The van der Waals surface area contributed by atoms with Crippen molar-refractivity contribution >= 4 is 0 Å². The molecule has 1 rings (SSSR count). The van der Waals surface area contributed by atoms with Crippen LogP contribution in [0.5, 0.6) is 5.75 Å². The topological polar surface area (TPSA) is 35.2 Å². The molecule has 1 aromatic rings. The fourth-order valence-electron chi connectivity index (χ4n) is 1.95. The van der Waals surface area contributed by atoms with Crippen LogP contribution < -0.4 is 10.5 Å². The van der Waals surface area contributed by atoms with Crippen LogP contribution in [-0.2, 0) is 6.42 Å². The quantitative estimate of drug-likeness (QED) is 0.786. The summed E-state index contributed by atoms with van der Waals surface area (Å²) in [5.41, 5.74) is 7.43. The number of methoxy groups -OCH3 is 1. The number of benzene rings is 1. The third-order valence-electron chi connectivity index (χ3n) is 3.01. The molecule has 1 unspecified atom stereocenters. The van der Waals surface area contributed by atoms with E-state index in [9.17, 15) is 0 Å². The molecule has 96 valence electrons. The van der Waals surface area contributed by atoms with Gasteiger partial charge in [-0.15, -0.1) is 0 Å². The Bertz CT molecular complexity index is 305. The summed E-state index contributed by atoms with van der Waals surface area (Å²) in [5, 5.41) is 0. The normalized spacial score (nSPS) is 12.8. The van der Waals surface area contributed by atoms with Crippen molar-refractivity contribution in [2.24, 2.45) is 11.7 Å². The highest BCUT2D eigenvalue weighted by Crippen LogP contribution is 2.14. The molecule has 17 heavy (non-hydrogen) atoms. The van der Waals surface area contributed by atoms with Gasteiger partial charge in [0.1, 0.15) is 5.75 Å². The summed E-state index contributed by atoms with van der Waals surface area (Å²) in [6.07, 6.45) is 4.58. The monoisotopic (exact) mass is 235 g/mol. The lowest BCUT2D eigenvalue weighted by molar-refractivity contribution is 0.414. The first kappa shape index (κ1) is 14.0. The summed E-state index contributed by atoms with van der Waals surface area (Å²) >= 11 is 0. The van der Waals surface area contributed by atoms with Gasteiger partial charge in [-0.3, -0.25) is 0 Å². The molecule has 0 fully saturated rings. The highest BCUT2D eigenvalue weighted by Gasteiger charge is 2.05. The molecule has 0 radical (unpaired) electrons. The van der Waals surface area contributed by atoms with Gasteiger partial charge in [-0.2, -0.15) is 0 Å². The van der Waals surface area contributed by atoms with Crippen LogP contribution in [-0.4, -0.2) is 13.2 Å². The summed E-state index contributed by atoms with van der Waals surface area (Å²) in [6.45, 7) is 4.52. The van der Waals surface area contributed by atoms with Gasteiger partial charge < -0.3 is 10.5 Å². The van der Waals surface area contributed by atoms with Crippen molar-refractivity contribution in [1.82, 2.24) is 0 Å². The molecule has 0 amide bonds. The minimum atomic E-state index is 0.280. The number of nitrogens with two attached hydrogens (primary N) is 1. The highest BCUT2D eigenvalue weighted by atomic mass is 16.5. The van der Waals surface area contributed by atoms with Crippen molar-refractivity contribution in [3.8, 4) is 5.75 Å². The van der Waals surface area contributed by atoms with Gasteiger partial charge in [-0.1, -0.05) is 38.8 Å². The van der Waals surface area contributed by atoms with E-state index >= 15 is 0 Å². The maximum atomic E-state index is 6.13. The molecule has 1 aromatic carbocycles. The lowest BCUT2D eigenvalue weighted by atomic mass is 9.99. The predicted molar refractivity (Wildman–Crippen MR) is 73.4 cm³/mol. The molecule has 0 spiro atoms. The Morgan fingerprint density at radius 1 is 1.12 bits per heavy atom. The second-order valence-electron chi connectivity index (χ2n) is 5.14. The van der Waals surface area contributed by atoms with E-state index in [1.54, 1.807) is 7.11 Å². The van der Waals surface area contributed by atoms with E-state index in [4.69, 9.17) is 10.5 Å². The lowest BCUT2D eigenvalue weighted by Gasteiger charge is -2.12. The third kappa shape index (κ3) is 5.73. The summed E-state index contributed by atoms with van der Waals surface area (Å²) in [5.74, 6) is 1.69. The number of hydrogen-bond acceptors (Lipinski definition) is 2. The number of ether oxygens (including phenoxy) is 1. The van der Waals surface area contributed by atoms with Crippen LogP contribution in [0.25, 0.3) is 0 Å². The van der Waals surface area contributed by atoms with Gasteiger partial charge in [0.05, 0.1) is 7.11 Å². The molecule has 2 nitrogen and oxygen atoms in total. The standard InChI is InChI=1S/C15H25NO/c1-12(2)5-4-6-14(16)11-13-7-9-15(17-3)10-8-13/h7-10,12,14H,4-6,11,16H2,1-3H3. The Hall–Kier alpha value is -1.02. The van der Waals surface area contributed by atoms with Crippen LogP contribution in [0.3, 0.4) is 0 Å². The van der Waals surface area contributed by atoms with Crippen molar-refractivity contribution in [3.63, 3.8) is 0 Å².